The van der Waals surface area contributed by atoms with Crippen molar-refractivity contribution in [3.63, 3.8) is 0 Å². The van der Waals surface area contributed by atoms with E-state index < -0.39 is 11.5 Å². The van der Waals surface area contributed by atoms with Gasteiger partial charge in [0.05, 0.1) is 19.2 Å². The summed E-state index contributed by atoms with van der Waals surface area (Å²) in [6, 6.07) is 12.0. The number of ketones is 1. The van der Waals surface area contributed by atoms with Crippen molar-refractivity contribution in [2.24, 2.45) is 0 Å². The highest BCUT2D eigenvalue weighted by Gasteiger charge is 2.50. The summed E-state index contributed by atoms with van der Waals surface area (Å²) in [7, 11) is 1.52. The lowest BCUT2D eigenvalue weighted by Gasteiger charge is -2.22. The van der Waals surface area contributed by atoms with E-state index in [0.29, 0.717) is 29.1 Å². The van der Waals surface area contributed by atoms with Crippen LogP contribution in [0.25, 0.3) is 0 Å². The topological polar surface area (TPSA) is 66.8 Å². The van der Waals surface area contributed by atoms with E-state index in [0.717, 1.165) is 10.9 Å². The van der Waals surface area contributed by atoms with E-state index in [4.69, 9.17) is 4.74 Å². The fraction of sp³-hybridized carbons (Fsp3) is 0.300. The largest absolute Gasteiger partial charge is 0.497 e. The summed E-state index contributed by atoms with van der Waals surface area (Å²) in [5.74, 6) is -0.218. The van der Waals surface area contributed by atoms with E-state index in [1.165, 1.54) is 7.11 Å². The number of hydrogen-bond donors (Lipinski definition) is 1. The average Bonchev–Trinajstić information content (AvgIpc) is 2.84. The molecule has 0 unspecified atom stereocenters. The molecule has 0 saturated carbocycles. The molecule has 1 aliphatic rings. The molecule has 0 fully saturated rings. The molecule has 3 rings (SSSR count). The summed E-state index contributed by atoms with van der Waals surface area (Å²) in [5, 5.41) is 11.2. The molecule has 0 aromatic heterocycles. The Kier molecular flexibility index (Phi) is 5.16. The van der Waals surface area contributed by atoms with Crippen molar-refractivity contribution in [1.29, 1.82) is 0 Å². The van der Waals surface area contributed by atoms with Crippen LogP contribution in [0.5, 0.6) is 5.75 Å². The number of nitrogens with zero attached hydrogens (tertiary/aromatic N) is 1. The SMILES string of the molecule is CCCN1C(=O)[C@](O)(CC(=O)c2cccc(OC)c2)c2cc(Br)ccc21. The molecule has 2 aromatic carbocycles. The number of fused-ring (bicyclic) bond motifs is 1. The van der Waals surface area contributed by atoms with Gasteiger partial charge < -0.3 is 14.7 Å². The molecule has 0 radical (unpaired) electrons. The Morgan fingerprint density at radius 3 is 2.73 bits per heavy atom. The third-order valence-electron chi connectivity index (χ3n) is 4.55. The predicted molar refractivity (Wildman–Crippen MR) is 103 cm³/mol. The number of carbonyl (C=O) groups excluding carboxylic acids is 2. The van der Waals surface area contributed by atoms with Gasteiger partial charge in [0.15, 0.2) is 11.4 Å². The molecule has 6 heteroatoms. The molecular formula is C20H20BrNO4. The molecule has 1 amide bonds. The highest BCUT2D eigenvalue weighted by Crippen LogP contribution is 2.44. The minimum absolute atomic E-state index is 0.316. The van der Waals surface area contributed by atoms with Gasteiger partial charge in [-0.3, -0.25) is 9.59 Å². The third kappa shape index (κ3) is 3.15. The summed E-state index contributed by atoms with van der Waals surface area (Å²) < 4.78 is 5.89. The standard InChI is InChI=1S/C20H20BrNO4/c1-3-9-22-17-8-7-14(21)11-16(17)20(25,19(22)24)12-18(23)13-5-4-6-15(10-13)26-2/h4-8,10-11,25H,3,9,12H2,1-2H3/t20-/m0/s1. The van der Waals surface area contributed by atoms with Crippen LogP contribution in [0.15, 0.2) is 46.9 Å². The molecule has 26 heavy (non-hydrogen) atoms. The second kappa shape index (κ2) is 7.21. The zero-order valence-corrected chi connectivity index (χ0v) is 16.2. The lowest BCUT2D eigenvalue weighted by Crippen LogP contribution is -2.42. The van der Waals surface area contributed by atoms with Crippen LogP contribution in [0.4, 0.5) is 5.69 Å². The smallest absolute Gasteiger partial charge is 0.264 e. The molecule has 136 valence electrons. The maximum Gasteiger partial charge on any atom is 0.264 e. The minimum Gasteiger partial charge on any atom is -0.497 e. The Labute approximate surface area is 160 Å². The van der Waals surface area contributed by atoms with E-state index in [1.807, 2.05) is 13.0 Å². The first-order chi connectivity index (χ1) is 12.4. The Morgan fingerprint density at radius 2 is 2.04 bits per heavy atom. The molecular weight excluding hydrogens is 398 g/mol. The van der Waals surface area contributed by atoms with E-state index >= 15 is 0 Å². The first kappa shape index (κ1) is 18.6. The number of rotatable bonds is 6. The van der Waals surface area contributed by atoms with Crippen LogP contribution in [0.1, 0.15) is 35.7 Å². The van der Waals surface area contributed by atoms with Crippen LogP contribution < -0.4 is 9.64 Å². The van der Waals surface area contributed by atoms with Gasteiger partial charge in [-0.2, -0.15) is 0 Å². The maximum atomic E-state index is 13.0. The van der Waals surface area contributed by atoms with Crippen molar-refractivity contribution in [1.82, 2.24) is 0 Å². The zero-order chi connectivity index (χ0) is 18.9. The van der Waals surface area contributed by atoms with Crippen molar-refractivity contribution in [3.05, 3.63) is 58.1 Å². The van der Waals surface area contributed by atoms with Gasteiger partial charge in [0.2, 0.25) is 0 Å². The second-order valence-corrected chi connectivity index (χ2v) is 7.23. The summed E-state index contributed by atoms with van der Waals surface area (Å²) in [4.78, 5) is 27.3. The monoisotopic (exact) mass is 417 g/mol. The Bertz CT molecular complexity index is 867. The van der Waals surface area contributed by atoms with Crippen LogP contribution in [0.2, 0.25) is 0 Å². The van der Waals surface area contributed by atoms with Crippen LogP contribution in [-0.4, -0.2) is 30.5 Å². The molecule has 1 aliphatic heterocycles. The number of Topliss-reactive ketones (excluding diaryl/α,β-unsaturated/α-hetero) is 1. The van der Waals surface area contributed by atoms with E-state index in [-0.39, 0.29) is 12.2 Å². The number of amides is 1. The van der Waals surface area contributed by atoms with Crippen molar-refractivity contribution in [2.45, 2.75) is 25.4 Å². The van der Waals surface area contributed by atoms with Gasteiger partial charge in [0.1, 0.15) is 5.75 Å². The van der Waals surface area contributed by atoms with Gasteiger partial charge >= 0.3 is 0 Å². The molecule has 1 N–H and O–H groups in total. The third-order valence-corrected chi connectivity index (χ3v) is 5.04. The first-order valence-electron chi connectivity index (χ1n) is 8.42. The summed E-state index contributed by atoms with van der Waals surface area (Å²) >= 11 is 3.38. The highest BCUT2D eigenvalue weighted by molar-refractivity contribution is 9.10. The van der Waals surface area contributed by atoms with E-state index in [1.54, 1.807) is 41.3 Å². The number of ether oxygens (including phenoxy) is 1. The lowest BCUT2D eigenvalue weighted by molar-refractivity contribution is -0.135. The molecule has 2 aromatic rings. The van der Waals surface area contributed by atoms with Crippen LogP contribution in [-0.2, 0) is 10.4 Å². The van der Waals surface area contributed by atoms with Crippen LogP contribution in [0, 0.1) is 0 Å². The molecule has 0 aliphatic carbocycles. The van der Waals surface area contributed by atoms with Crippen molar-refractivity contribution in [3.8, 4) is 5.75 Å². The van der Waals surface area contributed by atoms with Gasteiger partial charge in [0, 0.05) is 22.1 Å². The number of anilines is 1. The van der Waals surface area contributed by atoms with Crippen molar-refractivity contribution in [2.75, 3.05) is 18.6 Å². The fourth-order valence-electron chi connectivity index (χ4n) is 3.27. The van der Waals surface area contributed by atoms with E-state index in [2.05, 4.69) is 15.9 Å². The molecule has 5 nitrogen and oxygen atoms in total. The van der Waals surface area contributed by atoms with Crippen molar-refractivity contribution >= 4 is 33.3 Å². The Morgan fingerprint density at radius 1 is 1.27 bits per heavy atom. The second-order valence-electron chi connectivity index (χ2n) is 6.31. The summed E-state index contributed by atoms with van der Waals surface area (Å²) in [5.41, 5.74) is -0.354. The zero-order valence-electron chi connectivity index (χ0n) is 14.7. The molecule has 0 bridgehead atoms. The number of carbonyl (C=O) groups is 2. The van der Waals surface area contributed by atoms with Gasteiger partial charge in [-0.05, 0) is 36.8 Å². The number of hydrogen-bond acceptors (Lipinski definition) is 4. The van der Waals surface area contributed by atoms with Gasteiger partial charge in [-0.15, -0.1) is 0 Å². The fourth-order valence-corrected chi connectivity index (χ4v) is 3.63. The van der Waals surface area contributed by atoms with Gasteiger partial charge in [-0.25, -0.2) is 0 Å². The van der Waals surface area contributed by atoms with E-state index in [9.17, 15) is 14.7 Å². The maximum absolute atomic E-state index is 13.0. The Balaban J connectivity index is 1.99. The van der Waals surface area contributed by atoms with Gasteiger partial charge in [-0.1, -0.05) is 35.0 Å². The molecule has 0 spiro atoms. The van der Waals surface area contributed by atoms with Gasteiger partial charge in [0.25, 0.3) is 5.91 Å². The predicted octanol–water partition coefficient (Wildman–Crippen LogP) is 3.67. The first-order valence-corrected chi connectivity index (χ1v) is 9.21. The molecule has 1 atom stereocenters. The Hall–Kier alpha value is -2.18. The summed E-state index contributed by atoms with van der Waals surface area (Å²) in [6.07, 6.45) is 0.434. The van der Waals surface area contributed by atoms with Crippen LogP contribution >= 0.6 is 15.9 Å². The normalized spacial score (nSPS) is 18.8. The molecule has 0 saturated heterocycles. The number of aliphatic hydroxyl groups is 1. The number of benzene rings is 2. The van der Waals surface area contributed by atoms with Crippen LogP contribution in [0.3, 0.4) is 0 Å². The molecule has 1 heterocycles. The summed E-state index contributed by atoms with van der Waals surface area (Å²) in [6.45, 7) is 2.45. The lowest BCUT2D eigenvalue weighted by atomic mass is 9.88. The average molecular weight is 418 g/mol. The highest BCUT2D eigenvalue weighted by atomic mass is 79.9. The quantitative estimate of drug-likeness (QED) is 0.727. The number of methoxy groups -OCH3 is 1. The number of halogens is 1. The minimum atomic E-state index is -1.87. The van der Waals surface area contributed by atoms with Crippen molar-refractivity contribution < 1.29 is 19.4 Å².